The van der Waals surface area contributed by atoms with Gasteiger partial charge in [-0.1, -0.05) is 30.3 Å². The smallest absolute Gasteiger partial charge is 0.122 e. The number of para-hydroxylation sites is 1. The molecule has 1 aliphatic heterocycles. The summed E-state index contributed by atoms with van der Waals surface area (Å²) in [6, 6.07) is 16.0. The lowest BCUT2D eigenvalue weighted by molar-refractivity contribution is 0.328. The number of hydrogen-bond donors (Lipinski definition) is 0. The van der Waals surface area contributed by atoms with E-state index in [1.165, 1.54) is 5.56 Å². The quantitative estimate of drug-likeness (QED) is 0.783. The fourth-order valence-corrected chi connectivity index (χ4v) is 2.80. The number of methoxy groups -OCH3 is 1. The van der Waals surface area contributed by atoms with Gasteiger partial charge in [0.25, 0.3) is 0 Å². The van der Waals surface area contributed by atoms with Crippen molar-refractivity contribution < 1.29 is 9.47 Å². The van der Waals surface area contributed by atoms with Gasteiger partial charge in [-0.3, -0.25) is 0 Å². The van der Waals surface area contributed by atoms with E-state index < -0.39 is 0 Å². The topological polar surface area (TPSA) is 18.5 Å². The molecule has 0 N–H and O–H groups in total. The van der Waals surface area contributed by atoms with Crippen molar-refractivity contribution in [1.82, 2.24) is 0 Å². The Morgan fingerprint density at radius 2 is 1.89 bits per heavy atom. The normalized spacial score (nSPS) is 18.5. The molecule has 2 unspecified atom stereocenters. The highest BCUT2D eigenvalue weighted by Crippen LogP contribution is 2.44. The van der Waals surface area contributed by atoms with Crippen molar-refractivity contribution in [3.63, 3.8) is 0 Å². The Bertz CT molecular complexity index is 565. The molecule has 0 fully saturated rings. The van der Waals surface area contributed by atoms with Gasteiger partial charge >= 0.3 is 0 Å². The molecule has 0 radical (unpaired) electrons. The molecular formula is C16H15ClO2. The first kappa shape index (κ1) is 12.4. The first-order chi connectivity index (χ1) is 9.29. The van der Waals surface area contributed by atoms with E-state index in [9.17, 15) is 0 Å². The molecule has 0 spiro atoms. The highest BCUT2D eigenvalue weighted by Gasteiger charge is 2.30. The Hall–Kier alpha value is -1.67. The number of alkyl halides is 1. The summed E-state index contributed by atoms with van der Waals surface area (Å²) in [7, 11) is 1.66. The van der Waals surface area contributed by atoms with Gasteiger partial charge in [0, 0.05) is 11.5 Å². The maximum Gasteiger partial charge on any atom is 0.122 e. The number of fused-ring (bicyclic) bond motifs is 1. The van der Waals surface area contributed by atoms with Crippen LogP contribution in [0.2, 0.25) is 0 Å². The number of ether oxygens (including phenoxy) is 2. The van der Waals surface area contributed by atoms with Crippen LogP contribution < -0.4 is 9.47 Å². The summed E-state index contributed by atoms with van der Waals surface area (Å²) in [6.07, 6.45) is 0. The number of hydrogen-bond acceptors (Lipinski definition) is 2. The van der Waals surface area contributed by atoms with Crippen LogP contribution in [0.1, 0.15) is 22.4 Å². The summed E-state index contributed by atoms with van der Waals surface area (Å²) in [6.45, 7) is 0.638. The lowest BCUT2D eigenvalue weighted by Gasteiger charge is -2.17. The molecule has 3 heteroatoms. The van der Waals surface area contributed by atoms with Gasteiger partial charge in [0.2, 0.25) is 0 Å². The zero-order valence-electron chi connectivity index (χ0n) is 10.7. The molecule has 2 aromatic rings. The lowest BCUT2D eigenvalue weighted by Crippen LogP contribution is -2.08. The molecule has 2 aromatic carbocycles. The molecule has 0 amide bonds. The average Bonchev–Trinajstić information content (AvgIpc) is 2.90. The third kappa shape index (κ3) is 2.28. The predicted molar refractivity (Wildman–Crippen MR) is 76.3 cm³/mol. The Morgan fingerprint density at radius 1 is 1.16 bits per heavy atom. The lowest BCUT2D eigenvalue weighted by atomic mass is 9.93. The molecule has 2 atom stereocenters. The van der Waals surface area contributed by atoms with Crippen molar-refractivity contribution in [2.24, 2.45) is 0 Å². The molecule has 19 heavy (non-hydrogen) atoms. The van der Waals surface area contributed by atoms with Crippen molar-refractivity contribution in [2.45, 2.75) is 11.3 Å². The van der Waals surface area contributed by atoms with E-state index in [1.54, 1.807) is 7.11 Å². The molecule has 98 valence electrons. The monoisotopic (exact) mass is 274 g/mol. The van der Waals surface area contributed by atoms with Gasteiger partial charge in [-0.25, -0.2) is 0 Å². The van der Waals surface area contributed by atoms with E-state index >= 15 is 0 Å². The minimum Gasteiger partial charge on any atom is -0.497 e. The van der Waals surface area contributed by atoms with Crippen molar-refractivity contribution in [1.29, 1.82) is 0 Å². The van der Waals surface area contributed by atoms with Crippen LogP contribution >= 0.6 is 11.6 Å². The maximum absolute atomic E-state index is 6.61. The molecule has 1 heterocycles. The van der Waals surface area contributed by atoms with Crippen LogP contribution in [0.3, 0.4) is 0 Å². The standard InChI is InChI=1S/C16H15ClO2/c1-18-12-8-6-11(7-9-12)16(17)14-10-19-15-5-3-2-4-13(14)15/h2-9,14,16H,10H2,1H3. The SMILES string of the molecule is COc1ccc(C(Cl)C2COc3ccccc32)cc1. The van der Waals surface area contributed by atoms with Gasteiger partial charge in [0.05, 0.1) is 19.1 Å². The largest absolute Gasteiger partial charge is 0.497 e. The summed E-state index contributed by atoms with van der Waals surface area (Å²) in [5, 5.41) is -0.0884. The van der Waals surface area contributed by atoms with Gasteiger partial charge in [-0.2, -0.15) is 0 Å². The Labute approximate surface area is 117 Å². The average molecular weight is 275 g/mol. The Kier molecular flexibility index (Phi) is 3.34. The van der Waals surface area contributed by atoms with E-state index in [2.05, 4.69) is 6.07 Å². The molecule has 0 aliphatic carbocycles. The van der Waals surface area contributed by atoms with Crippen LogP contribution in [0.15, 0.2) is 48.5 Å². The summed E-state index contributed by atoms with van der Waals surface area (Å²) in [4.78, 5) is 0. The third-order valence-electron chi connectivity index (χ3n) is 3.52. The van der Waals surface area contributed by atoms with E-state index in [-0.39, 0.29) is 11.3 Å². The Balaban J connectivity index is 1.86. The molecule has 2 nitrogen and oxygen atoms in total. The summed E-state index contributed by atoms with van der Waals surface area (Å²) >= 11 is 6.61. The molecule has 1 aliphatic rings. The van der Waals surface area contributed by atoms with Gasteiger partial charge < -0.3 is 9.47 Å². The van der Waals surface area contributed by atoms with E-state index in [1.807, 2.05) is 42.5 Å². The van der Waals surface area contributed by atoms with Gasteiger partial charge in [0.1, 0.15) is 11.5 Å². The fraction of sp³-hybridized carbons (Fsp3) is 0.250. The van der Waals surface area contributed by atoms with Crippen molar-refractivity contribution in [3.8, 4) is 11.5 Å². The van der Waals surface area contributed by atoms with Gasteiger partial charge in [-0.15, -0.1) is 11.6 Å². The third-order valence-corrected chi connectivity index (χ3v) is 4.08. The van der Waals surface area contributed by atoms with Crippen LogP contribution in [0.25, 0.3) is 0 Å². The second-order valence-corrected chi connectivity index (χ2v) is 5.10. The summed E-state index contributed by atoms with van der Waals surface area (Å²) < 4.78 is 10.9. The fourth-order valence-electron chi connectivity index (χ4n) is 2.45. The minimum absolute atomic E-state index is 0.0884. The van der Waals surface area contributed by atoms with E-state index in [4.69, 9.17) is 21.1 Å². The zero-order chi connectivity index (χ0) is 13.2. The van der Waals surface area contributed by atoms with Crippen LogP contribution in [-0.4, -0.2) is 13.7 Å². The zero-order valence-corrected chi connectivity index (χ0v) is 11.4. The van der Waals surface area contributed by atoms with Crippen LogP contribution in [0.4, 0.5) is 0 Å². The second kappa shape index (κ2) is 5.14. The molecule has 0 saturated heterocycles. The van der Waals surface area contributed by atoms with Crippen molar-refractivity contribution in [3.05, 3.63) is 59.7 Å². The summed E-state index contributed by atoms with van der Waals surface area (Å²) in [5.41, 5.74) is 2.28. The molecule has 0 aromatic heterocycles. The van der Waals surface area contributed by atoms with Crippen LogP contribution in [0, 0.1) is 0 Å². The van der Waals surface area contributed by atoms with E-state index in [0.717, 1.165) is 17.1 Å². The first-order valence-electron chi connectivity index (χ1n) is 6.29. The van der Waals surface area contributed by atoms with Crippen molar-refractivity contribution in [2.75, 3.05) is 13.7 Å². The molecule has 3 rings (SSSR count). The van der Waals surface area contributed by atoms with Crippen molar-refractivity contribution >= 4 is 11.6 Å². The first-order valence-corrected chi connectivity index (χ1v) is 6.73. The Morgan fingerprint density at radius 3 is 2.63 bits per heavy atom. The van der Waals surface area contributed by atoms with Gasteiger partial charge in [0.15, 0.2) is 0 Å². The predicted octanol–water partition coefficient (Wildman–Crippen LogP) is 4.15. The molecular weight excluding hydrogens is 260 g/mol. The highest BCUT2D eigenvalue weighted by atomic mass is 35.5. The molecule has 0 bridgehead atoms. The maximum atomic E-state index is 6.61. The second-order valence-electron chi connectivity index (χ2n) is 4.63. The van der Waals surface area contributed by atoms with Gasteiger partial charge in [-0.05, 0) is 23.8 Å². The van der Waals surface area contributed by atoms with E-state index in [0.29, 0.717) is 6.61 Å². The van der Waals surface area contributed by atoms with Crippen LogP contribution in [-0.2, 0) is 0 Å². The number of benzene rings is 2. The summed E-state index contributed by atoms with van der Waals surface area (Å²) in [5.74, 6) is 1.99. The minimum atomic E-state index is -0.0884. The molecule has 0 saturated carbocycles. The highest BCUT2D eigenvalue weighted by molar-refractivity contribution is 6.21. The number of halogens is 1. The number of rotatable bonds is 3. The van der Waals surface area contributed by atoms with Crippen LogP contribution in [0.5, 0.6) is 11.5 Å².